The molecule has 0 heterocycles. The molecule has 0 aromatic heterocycles. The van der Waals surface area contributed by atoms with Crippen LogP contribution in [0.4, 0.5) is 0 Å². The fourth-order valence-corrected chi connectivity index (χ4v) is 0.349. The van der Waals surface area contributed by atoms with Gasteiger partial charge in [0.05, 0.1) is 0 Å². The van der Waals surface area contributed by atoms with Gasteiger partial charge in [0.2, 0.25) is 0 Å². The third-order valence-electron chi connectivity index (χ3n) is 0.327. The molecule has 0 radical (unpaired) electrons. The van der Waals surface area contributed by atoms with E-state index in [2.05, 4.69) is 17.7 Å². The van der Waals surface area contributed by atoms with Crippen LogP contribution in [0.1, 0.15) is 0 Å². The second kappa shape index (κ2) is 3.57. The maximum Gasteiger partial charge on any atom is 0.588 e. The molecule has 0 aliphatic carbocycles. The van der Waals surface area contributed by atoms with Crippen molar-refractivity contribution in [2.75, 3.05) is 0 Å². The fourth-order valence-electron chi connectivity index (χ4n) is 0.116. The van der Waals surface area contributed by atoms with Gasteiger partial charge in [-0.15, -0.1) is 0 Å². The van der Waals surface area contributed by atoms with Gasteiger partial charge in [0.25, 0.3) is 0 Å². The molecule has 3 heteroatoms. The van der Waals surface area contributed by atoms with Gasteiger partial charge in [-0.2, -0.15) is 0 Å². The van der Waals surface area contributed by atoms with Crippen molar-refractivity contribution >= 4 is 8.03 Å². The van der Waals surface area contributed by atoms with E-state index in [1.54, 1.807) is 0 Å². The first kappa shape index (κ1) is 6.38. The highest BCUT2D eigenvalue weighted by atomic mass is 31.1. The van der Waals surface area contributed by atoms with Crippen molar-refractivity contribution < 1.29 is 9.09 Å². The number of hydrogen-bond donors (Lipinski definition) is 0. The van der Waals surface area contributed by atoms with E-state index in [-0.39, 0.29) is 0 Å². The van der Waals surface area contributed by atoms with Gasteiger partial charge < -0.3 is 0 Å². The highest BCUT2D eigenvalue weighted by Gasteiger charge is 2.04. The quantitative estimate of drug-likeness (QED) is 0.417. The molecule has 0 saturated heterocycles. The van der Waals surface area contributed by atoms with Crippen LogP contribution in [-0.4, -0.2) is 0 Å². The summed E-state index contributed by atoms with van der Waals surface area (Å²) in [6.45, 7) is 6.42. The molecule has 0 N–H and O–H groups in total. The Morgan fingerprint density at radius 3 is 2.29 bits per heavy atom. The van der Waals surface area contributed by atoms with Gasteiger partial charge in [-0.1, -0.05) is 6.58 Å². The van der Waals surface area contributed by atoms with E-state index >= 15 is 0 Å². The van der Waals surface area contributed by atoms with E-state index in [0.717, 1.165) is 6.26 Å². The Kier molecular flexibility index (Phi) is 3.25. The molecule has 0 saturated carbocycles. The average molecular weight is 117 g/mol. The third-order valence-corrected chi connectivity index (χ3v) is 0.982. The Labute approximate surface area is 43.4 Å². The molecule has 0 aromatic rings. The lowest BCUT2D eigenvalue weighted by molar-refractivity contribution is 0.473. The van der Waals surface area contributed by atoms with Crippen LogP contribution in [0.3, 0.4) is 0 Å². The molecule has 0 fully saturated rings. The lowest BCUT2D eigenvalue weighted by atomic mass is 11.2. The van der Waals surface area contributed by atoms with Crippen LogP contribution >= 0.6 is 8.03 Å². The summed E-state index contributed by atoms with van der Waals surface area (Å²) in [7, 11) is -1.68. The van der Waals surface area contributed by atoms with Gasteiger partial charge in [-0.3, -0.25) is 4.52 Å². The highest BCUT2D eigenvalue weighted by molar-refractivity contribution is 7.42. The van der Waals surface area contributed by atoms with Crippen molar-refractivity contribution in [2.24, 2.45) is 0 Å². The Morgan fingerprint density at radius 2 is 2.14 bits per heavy atom. The largest absolute Gasteiger partial charge is 0.588 e. The fraction of sp³-hybridized carbons (Fsp3) is 0. The molecular weight excluding hydrogens is 111 g/mol. The maximum absolute atomic E-state index is 10.1. The van der Waals surface area contributed by atoms with Crippen LogP contribution in [0.25, 0.3) is 0 Å². The monoisotopic (exact) mass is 117 g/mol. The molecule has 1 unspecified atom stereocenters. The Morgan fingerprint density at radius 1 is 1.57 bits per heavy atom. The first-order chi connectivity index (χ1) is 3.31. The molecule has 0 rings (SSSR count). The van der Waals surface area contributed by atoms with E-state index in [4.69, 9.17) is 0 Å². The summed E-state index contributed by atoms with van der Waals surface area (Å²) in [5, 5.41) is 0. The molecule has 2 nitrogen and oxygen atoms in total. The first-order valence-corrected chi connectivity index (χ1v) is 2.92. The van der Waals surface area contributed by atoms with Crippen LogP contribution in [0.2, 0.25) is 0 Å². The smallest absolute Gasteiger partial charge is 0.259 e. The van der Waals surface area contributed by atoms with Gasteiger partial charge >= 0.3 is 8.03 Å². The maximum atomic E-state index is 10.1. The number of rotatable bonds is 3. The van der Waals surface area contributed by atoms with Gasteiger partial charge in [0.15, 0.2) is 5.82 Å². The van der Waals surface area contributed by atoms with Gasteiger partial charge in [0.1, 0.15) is 6.26 Å². The third kappa shape index (κ3) is 3.20. The van der Waals surface area contributed by atoms with E-state index in [1.165, 1.54) is 5.82 Å². The van der Waals surface area contributed by atoms with Crippen LogP contribution in [0, 0.1) is 0 Å². The van der Waals surface area contributed by atoms with E-state index in [0.29, 0.717) is 0 Å². The van der Waals surface area contributed by atoms with Gasteiger partial charge in [-0.05, 0) is 11.1 Å². The Balaban J connectivity index is 3.36. The predicted molar refractivity (Wildman–Crippen MR) is 29.1 cm³/mol. The zero-order chi connectivity index (χ0) is 5.70. The molecule has 0 aliphatic heterocycles. The first-order valence-electron chi connectivity index (χ1n) is 1.68. The molecular formula is C4H6O2P+. The summed E-state index contributed by atoms with van der Waals surface area (Å²) >= 11 is 0. The summed E-state index contributed by atoms with van der Waals surface area (Å²) in [6, 6.07) is 0. The average Bonchev–Trinajstić information content (AvgIpc) is 1.68. The molecule has 0 bridgehead atoms. The van der Waals surface area contributed by atoms with Crippen LogP contribution < -0.4 is 0 Å². The van der Waals surface area contributed by atoms with Crippen molar-refractivity contribution in [3.8, 4) is 0 Å². The zero-order valence-electron chi connectivity index (χ0n) is 3.83. The number of hydrogen-bond acceptors (Lipinski definition) is 2. The topological polar surface area (TPSA) is 26.3 Å². The van der Waals surface area contributed by atoms with Crippen molar-refractivity contribution in [2.45, 2.75) is 0 Å². The minimum Gasteiger partial charge on any atom is -0.259 e. The summed E-state index contributed by atoms with van der Waals surface area (Å²) in [4.78, 5) is 0. The van der Waals surface area contributed by atoms with Crippen molar-refractivity contribution in [1.82, 2.24) is 0 Å². The Bertz CT molecular complexity index is 97.9. The Hall–Kier alpha value is -0.620. The van der Waals surface area contributed by atoms with Crippen LogP contribution in [0.15, 0.2) is 25.2 Å². The molecule has 7 heavy (non-hydrogen) atoms. The lowest BCUT2D eigenvalue weighted by Gasteiger charge is -1.68. The van der Waals surface area contributed by atoms with E-state index in [9.17, 15) is 4.57 Å². The zero-order valence-corrected chi connectivity index (χ0v) is 4.73. The van der Waals surface area contributed by atoms with Crippen LogP contribution in [0.5, 0.6) is 0 Å². The minimum atomic E-state index is -1.68. The molecule has 0 amide bonds. The predicted octanol–water partition coefficient (Wildman–Crippen LogP) is 2.03. The summed E-state index contributed by atoms with van der Waals surface area (Å²) < 4.78 is 14.5. The van der Waals surface area contributed by atoms with E-state index in [1.807, 2.05) is 0 Å². The summed E-state index contributed by atoms with van der Waals surface area (Å²) in [5.41, 5.74) is 0. The van der Waals surface area contributed by atoms with Gasteiger partial charge in [0, 0.05) is 0 Å². The van der Waals surface area contributed by atoms with Crippen LogP contribution in [-0.2, 0) is 9.09 Å². The molecule has 38 valence electrons. The molecule has 1 atom stereocenters. The molecule has 0 aliphatic rings. The lowest BCUT2D eigenvalue weighted by Crippen LogP contribution is -1.54. The summed E-state index contributed by atoms with van der Waals surface area (Å²) in [5.74, 6) is 1.22. The van der Waals surface area contributed by atoms with E-state index < -0.39 is 8.03 Å². The second-order valence-corrected chi connectivity index (χ2v) is 1.89. The summed E-state index contributed by atoms with van der Waals surface area (Å²) in [6.07, 6.45) is 1.13. The second-order valence-electron chi connectivity index (χ2n) is 0.740. The van der Waals surface area contributed by atoms with Crippen molar-refractivity contribution in [3.63, 3.8) is 0 Å². The highest BCUT2D eigenvalue weighted by Crippen LogP contribution is 2.21. The standard InChI is InChI=1S/C4H6O2P/c1-3-6-7(5)4-2/h3-4H,1-2H2/q+1. The van der Waals surface area contributed by atoms with Crippen molar-refractivity contribution in [1.29, 1.82) is 0 Å². The minimum absolute atomic E-state index is 1.13. The van der Waals surface area contributed by atoms with Crippen molar-refractivity contribution in [3.05, 3.63) is 25.2 Å². The SMILES string of the molecule is C=CO[P+](=O)C=C. The molecule has 0 spiro atoms. The normalized spacial score (nSPS) is 9.43. The van der Waals surface area contributed by atoms with Gasteiger partial charge in [-0.25, -0.2) is 0 Å². The molecule has 0 aromatic carbocycles.